The molecule has 0 spiro atoms. The monoisotopic (exact) mass is 383 g/mol. The van der Waals surface area contributed by atoms with Gasteiger partial charge in [-0.05, 0) is 30.7 Å². The number of halogens is 1. The van der Waals surface area contributed by atoms with E-state index in [1.807, 2.05) is 4.90 Å². The zero-order chi connectivity index (χ0) is 18.2. The number of hydrogen-bond donors (Lipinski definition) is 1. The van der Waals surface area contributed by atoms with E-state index < -0.39 is 10.0 Å². The Morgan fingerprint density at radius 3 is 2.40 bits per heavy atom. The van der Waals surface area contributed by atoms with Gasteiger partial charge in [0.15, 0.2) is 0 Å². The van der Waals surface area contributed by atoms with Crippen LogP contribution in [0.2, 0.25) is 0 Å². The molecule has 1 saturated heterocycles. The van der Waals surface area contributed by atoms with Crippen LogP contribution < -0.4 is 10.0 Å². The van der Waals surface area contributed by atoms with Crippen molar-refractivity contribution in [3.8, 4) is 0 Å². The van der Waals surface area contributed by atoms with E-state index in [1.165, 1.54) is 12.1 Å². The summed E-state index contributed by atoms with van der Waals surface area (Å²) in [5, 5.41) is 5.13. The molecule has 1 aliphatic heterocycles. The van der Waals surface area contributed by atoms with Crippen LogP contribution in [0.5, 0.6) is 0 Å². The molecule has 3 rings (SSSR count). The van der Waals surface area contributed by atoms with Gasteiger partial charge < -0.3 is 9.80 Å². The summed E-state index contributed by atoms with van der Waals surface area (Å²) in [5.41, 5.74) is 1.12. The molecule has 0 unspecified atom stereocenters. The first-order chi connectivity index (χ1) is 11.8. The van der Waals surface area contributed by atoms with Crippen molar-refractivity contribution >= 4 is 33.0 Å². The number of aryl methyl sites for hydroxylation is 1. The number of thiophene rings is 1. The predicted molar refractivity (Wildman–Crippen MR) is 94.9 cm³/mol. The lowest BCUT2D eigenvalue weighted by molar-refractivity contribution is 0.0751. The molecule has 1 fully saturated rings. The standard InChI is InChI=1S/C16H18FN3O3S2/c1-11-10-14(25(18,22)23)24-15(11)16(21)20-8-6-19(7-9-20)13-5-3-2-4-12(13)17/h2-5,10H,6-9H2,1H3,(H2,18,22,23). The zero-order valence-corrected chi connectivity index (χ0v) is 15.2. The van der Waals surface area contributed by atoms with Gasteiger partial charge in [0.05, 0.1) is 10.6 Å². The van der Waals surface area contributed by atoms with Gasteiger partial charge >= 0.3 is 0 Å². The summed E-state index contributed by atoms with van der Waals surface area (Å²) in [4.78, 5) is 16.6. The number of primary sulfonamides is 1. The van der Waals surface area contributed by atoms with Crippen LogP contribution in [0.1, 0.15) is 15.2 Å². The number of hydrogen-bond acceptors (Lipinski definition) is 5. The minimum Gasteiger partial charge on any atom is -0.366 e. The summed E-state index contributed by atoms with van der Waals surface area (Å²) in [7, 11) is -3.82. The van der Waals surface area contributed by atoms with Crippen molar-refractivity contribution in [3.05, 3.63) is 46.6 Å². The Morgan fingerprint density at radius 2 is 1.84 bits per heavy atom. The molecular formula is C16H18FN3O3S2. The molecule has 1 aromatic carbocycles. The fourth-order valence-electron chi connectivity index (χ4n) is 2.81. The van der Waals surface area contributed by atoms with Crippen molar-refractivity contribution in [1.82, 2.24) is 4.90 Å². The van der Waals surface area contributed by atoms with Crippen molar-refractivity contribution in [3.63, 3.8) is 0 Å². The number of para-hydroxylation sites is 1. The number of rotatable bonds is 3. The Morgan fingerprint density at radius 1 is 1.20 bits per heavy atom. The molecule has 0 radical (unpaired) electrons. The first kappa shape index (κ1) is 17.8. The van der Waals surface area contributed by atoms with Crippen molar-refractivity contribution in [2.24, 2.45) is 5.14 Å². The normalized spacial score (nSPS) is 15.5. The van der Waals surface area contributed by atoms with E-state index in [2.05, 4.69) is 0 Å². The topological polar surface area (TPSA) is 83.7 Å². The highest BCUT2D eigenvalue weighted by molar-refractivity contribution is 7.91. The lowest BCUT2D eigenvalue weighted by Crippen LogP contribution is -2.49. The van der Waals surface area contributed by atoms with E-state index in [9.17, 15) is 17.6 Å². The average Bonchev–Trinajstić information content (AvgIpc) is 2.97. The van der Waals surface area contributed by atoms with Crippen LogP contribution in [0.4, 0.5) is 10.1 Å². The molecule has 9 heteroatoms. The third-order valence-electron chi connectivity index (χ3n) is 4.13. The molecule has 0 atom stereocenters. The predicted octanol–water partition coefficient (Wildman–Crippen LogP) is 1.81. The molecule has 0 bridgehead atoms. The van der Waals surface area contributed by atoms with E-state index in [4.69, 9.17) is 5.14 Å². The molecule has 0 aliphatic carbocycles. The molecule has 1 amide bonds. The largest absolute Gasteiger partial charge is 0.366 e. The number of carbonyl (C=O) groups excluding carboxylic acids is 1. The van der Waals surface area contributed by atoms with E-state index in [0.29, 0.717) is 42.3 Å². The summed E-state index contributed by atoms with van der Waals surface area (Å²) in [5.74, 6) is -0.500. The Balaban J connectivity index is 1.72. The van der Waals surface area contributed by atoms with Gasteiger partial charge in [-0.25, -0.2) is 17.9 Å². The quantitative estimate of drug-likeness (QED) is 0.876. The van der Waals surface area contributed by atoms with Crippen molar-refractivity contribution < 1.29 is 17.6 Å². The average molecular weight is 383 g/mol. The Kier molecular flexibility index (Phi) is 4.81. The van der Waals surface area contributed by atoms with Crippen LogP contribution in [-0.2, 0) is 10.0 Å². The van der Waals surface area contributed by atoms with E-state index in [1.54, 1.807) is 30.0 Å². The van der Waals surface area contributed by atoms with Gasteiger partial charge in [0.25, 0.3) is 5.91 Å². The molecular weight excluding hydrogens is 365 g/mol. The fourth-order valence-corrected chi connectivity index (χ4v) is 4.74. The summed E-state index contributed by atoms with van der Waals surface area (Å²) < 4.78 is 36.8. The summed E-state index contributed by atoms with van der Waals surface area (Å²) in [6.07, 6.45) is 0. The van der Waals surface area contributed by atoms with Crippen LogP contribution in [0.15, 0.2) is 34.5 Å². The molecule has 0 saturated carbocycles. The summed E-state index contributed by atoms with van der Waals surface area (Å²) in [6.45, 7) is 3.59. The highest BCUT2D eigenvalue weighted by Gasteiger charge is 2.27. The van der Waals surface area contributed by atoms with Crippen molar-refractivity contribution in [1.29, 1.82) is 0 Å². The second-order valence-corrected chi connectivity index (χ2v) is 8.69. The second-order valence-electron chi connectivity index (χ2n) is 5.85. The van der Waals surface area contributed by atoms with Gasteiger partial charge in [-0.3, -0.25) is 4.79 Å². The van der Waals surface area contributed by atoms with Gasteiger partial charge in [-0.1, -0.05) is 12.1 Å². The second kappa shape index (κ2) is 6.74. The zero-order valence-electron chi connectivity index (χ0n) is 13.6. The van der Waals surface area contributed by atoms with Crippen molar-refractivity contribution in [2.45, 2.75) is 11.1 Å². The highest BCUT2D eigenvalue weighted by atomic mass is 32.2. The van der Waals surface area contributed by atoms with Gasteiger partial charge in [0.1, 0.15) is 10.0 Å². The maximum atomic E-state index is 13.9. The molecule has 25 heavy (non-hydrogen) atoms. The van der Waals surface area contributed by atoms with Gasteiger partial charge in [-0.15, -0.1) is 11.3 Å². The SMILES string of the molecule is Cc1cc(S(N)(=O)=O)sc1C(=O)N1CCN(c2ccccc2F)CC1. The number of amides is 1. The van der Waals surface area contributed by atoms with Gasteiger partial charge in [-0.2, -0.15) is 0 Å². The molecule has 2 N–H and O–H groups in total. The first-order valence-corrected chi connectivity index (χ1v) is 10.1. The van der Waals surface area contributed by atoms with Gasteiger partial charge in [0, 0.05) is 26.2 Å². The lowest BCUT2D eigenvalue weighted by atomic mass is 10.2. The van der Waals surface area contributed by atoms with E-state index >= 15 is 0 Å². The molecule has 2 aromatic rings. The Labute approximate surface area is 149 Å². The third-order valence-corrected chi connectivity index (χ3v) is 6.78. The van der Waals surface area contributed by atoms with Gasteiger partial charge in [0.2, 0.25) is 10.0 Å². The number of anilines is 1. The minimum atomic E-state index is -3.82. The van der Waals surface area contributed by atoms with Crippen LogP contribution in [-0.4, -0.2) is 45.4 Å². The number of piperazine rings is 1. The maximum absolute atomic E-state index is 13.9. The maximum Gasteiger partial charge on any atom is 0.264 e. The summed E-state index contributed by atoms with van der Waals surface area (Å²) >= 11 is 0.890. The Bertz CT molecular complexity index is 903. The fraction of sp³-hybridized carbons (Fsp3) is 0.312. The third kappa shape index (κ3) is 3.68. The molecule has 6 nitrogen and oxygen atoms in total. The minimum absolute atomic E-state index is 0.0154. The van der Waals surface area contributed by atoms with Crippen LogP contribution in [0.25, 0.3) is 0 Å². The van der Waals surface area contributed by atoms with Crippen LogP contribution in [0, 0.1) is 12.7 Å². The number of nitrogens with zero attached hydrogens (tertiary/aromatic N) is 2. The number of benzene rings is 1. The number of nitrogens with two attached hydrogens (primary N) is 1. The van der Waals surface area contributed by atoms with E-state index in [0.717, 1.165) is 11.3 Å². The molecule has 1 aromatic heterocycles. The first-order valence-electron chi connectivity index (χ1n) is 7.69. The summed E-state index contributed by atoms with van der Waals surface area (Å²) in [6, 6.07) is 7.97. The highest BCUT2D eigenvalue weighted by Crippen LogP contribution is 2.27. The Hall–Kier alpha value is -1.97. The number of sulfonamides is 1. The molecule has 1 aliphatic rings. The molecule has 134 valence electrons. The number of carbonyl (C=O) groups is 1. The molecule has 2 heterocycles. The van der Waals surface area contributed by atoms with Crippen LogP contribution in [0.3, 0.4) is 0 Å². The van der Waals surface area contributed by atoms with E-state index in [-0.39, 0.29) is 15.9 Å². The smallest absolute Gasteiger partial charge is 0.264 e. The lowest BCUT2D eigenvalue weighted by Gasteiger charge is -2.36. The van der Waals surface area contributed by atoms with Crippen molar-refractivity contribution in [2.75, 3.05) is 31.1 Å². The van der Waals surface area contributed by atoms with Crippen LogP contribution >= 0.6 is 11.3 Å².